The molecule has 1 aliphatic heterocycles. The Labute approximate surface area is 247 Å². The first-order chi connectivity index (χ1) is 20.7. The van der Waals surface area contributed by atoms with Gasteiger partial charge in [0.15, 0.2) is 4.80 Å². The molecule has 2 aromatic heterocycles. The summed E-state index contributed by atoms with van der Waals surface area (Å²) in [4.78, 5) is 43.6. The minimum atomic E-state index is -0.870. The van der Waals surface area contributed by atoms with Crippen molar-refractivity contribution in [2.75, 3.05) is 5.32 Å². The van der Waals surface area contributed by atoms with Gasteiger partial charge >= 0.3 is 0 Å². The molecule has 43 heavy (non-hydrogen) atoms. The van der Waals surface area contributed by atoms with Crippen LogP contribution in [0.15, 0.2) is 110 Å². The lowest BCUT2D eigenvalue weighted by Crippen LogP contribution is -2.40. The maximum atomic E-state index is 13.9. The molecular formula is C32H23FN4O5S. The number of anilines is 1. The Morgan fingerprint density at radius 2 is 1.81 bits per heavy atom. The van der Waals surface area contributed by atoms with E-state index in [0.29, 0.717) is 33.1 Å². The highest BCUT2D eigenvalue weighted by molar-refractivity contribution is 7.07. The second kappa shape index (κ2) is 11.1. The molecule has 0 bridgehead atoms. The SMILES string of the molecule is CC1=C(C(=O)Nc2ccccc2)C(c2ccc(F)cc2)n2c(s/c(=C\c3ccc(-c4ccc(C)cc4[N+](=O)[O-])o3)c2=O)=N1. The van der Waals surface area contributed by atoms with Crippen LogP contribution in [0.3, 0.4) is 0 Å². The Morgan fingerprint density at radius 3 is 2.53 bits per heavy atom. The number of benzene rings is 3. The number of para-hydroxylation sites is 1. The van der Waals surface area contributed by atoms with Gasteiger partial charge in [0.2, 0.25) is 0 Å². The zero-order valence-corrected chi connectivity index (χ0v) is 23.7. The molecule has 1 unspecified atom stereocenters. The summed E-state index contributed by atoms with van der Waals surface area (Å²) < 4.78 is 21.5. The topological polar surface area (TPSA) is 120 Å². The van der Waals surface area contributed by atoms with Crippen molar-refractivity contribution in [1.82, 2.24) is 4.57 Å². The van der Waals surface area contributed by atoms with Crippen molar-refractivity contribution >= 4 is 34.7 Å². The monoisotopic (exact) mass is 594 g/mol. The molecule has 0 radical (unpaired) electrons. The number of fused-ring (bicyclic) bond motifs is 1. The highest BCUT2D eigenvalue weighted by Crippen LogP contribution is 2.33. The molecule has 1 aliphatic rings. The van der Waals surface area contributed by atoms with Gasteiger partial charge in [-0.25, -0.2) is 9.38 Å². The van der Waals surface area contributed by atoms with E-state index in [-0.39, 0.29) is 21.6 Å². The lowest BCUT2D eigenvalue weighted by atomic mass is 9.95. The molecule has 0 spiro atoms. The van der Waals surface area contributed by atoms with E-state index in [1.54, 1.807) is 74.5 Å². The zero-order chi connectivity index (χ0) is 30.2. The van der Waals surface area contributed by atoms with Crippen molar-refractivity contribution < 1.29 is 18.5 Å². The van der Waals surface area contributed by atoms with E-state index in [4.69, 9.17) is 4.42 Å². The number of carbonyl (C=O) groups is 1. The molecule has 1 N–H and O–H groups in total. The lowest BCUT2D eigenvalue weighted by molar-refractivity contribution is -0.384. The van der Waals surface area contributed by atoms with Crippen LogP contribution in [0.25, 0.3) is 17.4 Å². The summed E-state index contributed by atoms with van der Waals surface area (Å²) in [5, 5.41) is 14.5. The summed E-state index contributed by atoms with van der Waals surface area (Å²) in [5.41, 5.74) is 2.33. The number of halogens is 1. The van der Waals surface area contributed by atoms with E-state index >= 15 is 0 Å². The second-order valence-electron chi connectivity index (χ2n) is 9.93. The van der Waals surface area contributed by atoms with Crippen LogP contribution in [-0.2, 0) is 4.79 Å². The van der Waals surface area contributed by atoms with Gasteiger partial charge in [-0.15, -0.1) is 0 Å². The third kappa shape index (κ3) is 5.33. The molecule has 0 saturated heterocycles. The molecule has 1 amide bonds. The Bertz CT molecular complexity index is 2110. The zero-order valence-electron chi connectivity index (χ0n) is 22.9. The third-order valence-electron chi connectivity index (χ3n) is 7.00. The quantitative estimate of drug-likeness (QED) is 0.206. The van der Waals surface area contributed by atoms with Gasteiger partial charge in [0, 0.05) is 17.8 Å². The van der Waals surface area contributed by atoms with Crippen molar-refractivity contribution in [2.24, 2.45) is 4.99 Å². The van der Waals surface area contributed by atoms with Crippen molar-refractivity contribution in [3.05, 3.63) is 149 Å². The number of nitro groups is 1. The first-order valence-corrected chi connectivity index (χ1v) is 14.0. The standard InChI is InChI=1S/C32H23FN4O5S/c1-18-8-14-24(25(16-18)37(40)41)26-15-13-23(42-26)17-27-31(39)36-29(20-9-11-21(33)12-10-20)28(19(2)34-32(36)43-27)30(38)35-22-6-4-3-5-7-22/h3-17,29H,1-2H3,(H,35,38)/b27-17-. The maximum Gasteiger partial charge on any atom is 0.280 e. The van der Waals surface area contributed by atoms with Crippen molar-refractivity contribution in [2.45, 2.75) is 19.9 Å². The summed E-state index contributed by atoms with van der Waals surface area (Å²) in [6, 6.07) is 21.8. The van der Waals surface area contributed by atoms with Gasteiger partial charge in [0.25, 0.3) is 17.2 Å². The number of allylic oxidation sites excluding steroid dienone is 1. The number of aromatic nitrogens is 1. The van der Waals surface area contributed by atoms with Crippen LogP contribution in [0.1, 0.15) is 29.9 Å². The minimum Gasteiger partial charge on any atom is -0.456 e. The van der Waals surface area contributed by atoms with E-state index in [1.807, 2.05) is 6.07 Å². The second-order valence-corrected chi connectivity index (χ2v) is 10.9. The van der Waals surface area contributed by atoms with Crippen LogP contribution in [0, 0.1) is 22.9 Å². The van der Waals surface area contributed by atoms with Crippen molar-refractivity contribution in [3.8, 4) is 11.3 Å². The number of amides is 1. The summed E-state index contributed by atoms with van der Waals surface area (Å²) in [6.07, 6.45) is 1.54. The Kier molecular flexibility index (Phi) is 7.16. The molecule has 11 heteroatoms. The molecule has 9 nitrogen and oxygen atoms in total. The highest BCUT2D eigenvalue weighted by Gasteiger charge is 2.32. The summed E-state index contributed by atoms with van der Waals surface area (Å²) in [7, 11) is 0. The fraction of sp³-hybridized carbons (Fsp3) is 0.0938. The molecule has 0 saturated carbocycles. The van der Waals surface area contributed by atoms with Gasteiger partial charge in [0.05, 0.1) is 32.3 Å². The number of carbonyl (C=O) groups excluding carboxylic acids is 1. The Morgan fingerprint density at radius 1 is 1.07 bits per heavy atom. The van der Waals surface area contributed by atoms with Gasteiger partial charge < -0.3 is 9.73 Å². The minimum absolute atomic E-state index is 0.0867. The molecule has 6 rings (SSSR count). The molecule has 5 aromatic rings. The Balaban J connectivity index is 1.45. The van der Waals surface area contributed by atoms with E-state index in [0.717, 1.165) is 16.9 Å². The summed E-state index contributed by atoms with van der Waals surface area (Å²) in [5.74, 6) is -0.294. The number of aryl methyl sites for hydroxylation is 1. The fourth-order valence-electron chi connectivity index (χ4n) is 5.00. The number of hydrogen-bond acceptors (Lipinski definition) is 7. The van der Waals surface area contributed by atoms with E-state index in [2.05, 4.69) is 10.3 Å². The van der Waals surface area contributed by atoms with Crippen LogP contribution < -0.4 is 20.2 Å². The van der Waals surface area contributed by atoms with Crippen LogP contribution in [-0.4, -0.2) is 15.4 Å². The first-order valence-electron chi connectivity index (χ1n) is 13.2. The molecular weight excluding hydrogens is 571 g/mol. The van der Waals surface area contributed by atoms with Crippen molar-refractivity contribution in [3.63, 3.8) is 0 Å². The number of hydrogen-bond donors (Lipinski definition) is 1. The predicted octanol–water partition coefficient (Wildman–Crippen LogP) is 5.49. The number of nitrogens with one attached hydrogen (secondary N) is 1. The number of rotatable bonds is 6. The van der Waals surface area contributed by atoms with Gasteiger partial charge in [-0.2, -0.15) is 0 Å². The van der Waals surface area contributed by atoms with Gasteiger partial charge in [-0.1, -0.05) is 47.7 Å². The van der Waals surface area contributed by atoms with Crippen LogP contribution >= 0.6 is 11.3 Å². The molecule has 0 aliphatic carbocycles. The molecule has 214 valence electrons. The largest absolute Gasteiger partial charge is 0.456 e. The van der Waals surface area contributed by atoms with Crippen LogP contribution in [0.5, 0.6) is 0 Å². The predicted molar refractivity (Wildman–Crippen MR) is 161 cm³/mol. The molecule has 3 aromatic carbocycles. The molecule has 3 heterocycles. The third-order valence-corrected chi connectivity index (χ3v) is 7.98. The average Bonchev–Trinajstić information content (AvgIpc) is 3.57. The average molecular weight is 595 g/mol. The van der Waals surface area contributed by atoms with Crippen LogP contribution in [0.2, 0.25) is 0 Å². The van der Waals surface area contributed by atoms with E-state index in [1.165, 1.54) is 28.8 Å². The number of thiazole rings is 1. The van der Waals surface area contributed by atoms with Crippen molar-refractivity contribution in [1.29, 1.82) is 0 Å². The van der Waals surface area contributed by atoms with Gasteiger partial charge in [0.1, 0.15) is 17.3 Å². The van der Waals surface area contributed by atoms with Gasteiger partial charge in [-0.3, -0.25) is 24.3 Å². The highest BCUT2D eigenvalue weighted by atomic mass is 32.1. The Hall–Kier alpha value is -5.42. The molecule has 1 atom stereocenters. The maximum absolute atomic E-state index is 13.9. The molecule has 0 fully saturated rings. The number of furan rings is 1. The smallest absolute Gasteiger partial charge is 0.280 e. The van der Waals surface area contributed by atoms with Gasteiger partial charge in [-0.05, 0) is 67.4 Å². The first kappa shape index (κ1) is 27.7. The fourth-order valence-corrected chi connectivity index (χ4v) is 6.02. The van der Waals surface area contributed by atoms with E-state index < -0.39 is 28.2 Å². The van der Waals surface area contributed by atoms with E-state index in [9.17, 15) is 24.1 Å². The number of nitrogens with zero attached hydrogens (tertiary/aromatic N) is 3. The normalized spacial score (nSPS) is 14.8. The van der Waals surface area contributed by atoms with Crippen LogP contribution in [0.4, 0.5) is 15.8 Å². The summed E-state index contributed by atoms with van der Waals surface area (Å²) in [6.45, 7) is 3.46. The number of nitro benzene ring substituents is 1. The summed E-state index contributed by atoms with van der Waals surface area (Å²) >= 11 is 1.11. The lowest BCUT2D eigenvalue weighted by Gasteiger charge is -2.25.